The van der Waals surface area contributed by atoms with Crippen LogP contribution in [0.15, 0.2) is 30.3 Å². The topological polar surface area (TPSA) is 32.3 Å². The minimum Gasteiger partial charge on any atom is -0.354 e. The molecular weight excluding hydrogens is 236 g/mol. The fraction of sp³-hybridized carbons (Fsp3) is 0.562. The third kappa shape index (κ3) is 4.67. The van der Waals surface area contributed by atoms with Crippen molar-refractivity contribution in [3.8, 4) is 0 Å². The van der Waals surface area contributed by atoms with Crippen molar-refractivity contribution in [2.45, 2.75) is 32.7 Å². The number of rotatable bonds is 7. The lowest BCUT2D eigenvalue weighted by Gasteiger charge is -2.26. The van der Waals surface area contributed by atoms with Crippen LogP contribution in [0.5, 0.6) is 0 Å². The van der Waals surface area contributed by atoms with Gasteiger partial charge in [-0.1, -0.05) is 44.2 Å². The molecule has 0 bridgehead atoms. The van der Waals surface area contributed by atoms with E-state index in [2.05, 4.69) is 36.2 Å². The molecule has 0 heterocycles. The van der Waals surface area contributed by atoms with Crippen LogP contribution in [0.1, 0.15) is 38.3 Å². The van der Waals surface area contributed by atoms with Crippen LogP contribution in [0, 0.1) is 5.92 Å². The molecule has 0 saturated carbocycles. The number of nitrogens with zero attached hydrogens (tertiary/aromatic N) is 1. The first-order valence-electron chi connectivity index (χ1n) is 7.09. The summed E-state index contributed by atoms with van der Waals surface area (Å²) in [5.41, 5.74) is 1.23. The van der Waals surface area contributed by atoms with Crippen molar-refractivity contribution in [1.29, 1.82) is 0 Å². The SMILES string of the molecule is CCC(CC)C(=O)NCC(c1ccccc1)N(C)C. The lowest BCUT2D eigenvalue weighted by Crippen LogP contribution is -2.37. The molecule has 106 valence electrons. The van der Waals surface area contributed by atoms with Gasteiger partial charge in [0, 0.05) is 12.5 Å². The minimum absolute atomic E-state index is 0.138. The zero-order valence-corrected chi connectivity index (χ0v) is 12.5. The molecule has 1 aromatic rings. The van der Waals surface area contributed by atoms with Crippen molar-refractivity contribution in [3.63, 3.8) is 0 Å². The van der Waals surface area contributed by atoms with Gasteiger partial charge in [-0.15, -0.1) is 0 Å². The highest BCUT2D eigenvalue weighted by atomic mass is 16.1. The average Bonchev–Trinajstić information content (AvgIpc) is 2.41. The van der Waals surface area contributed by atoms with E-state index in [0.29, 0.717) is 6.54 Å². The lowest BCUT2D eigenvalue weighted by molar-refractivity contribution is -0.125. The van der Waals surface area contributed by atoms with Gasteiger partial charge in [0.2, 0.25) is 5.91 Å². The number of hydrogen-bond donors (Lipinski definition) is 1. The van der Waals surface area contributed by atoms with E-state index in [1.54, 1.807) is 0 Å². The van der Waals surface area contributed by atoms with Crippen LogP contribution in [-0.4, -0.2) is 31.4 Å². The van der Waals surface area contributed by atoms with Crippen LogP contribution in [0.3, 0.4) is 0 Å². The number of carbonyl (C=O) groups is 1. The van der Waals surface area contributed by atoms with Gasteiger partial charge in [0.1, 0.15) is 0 Å². The zero-order valence-electron chi connectivity index (χ0n) is 12.5. The van der Waals surface area contributed by atoms with Crippen LogP contribution in [0.2, 0.25) is 0 Å². The predicted molar refractivity (Wildman–Crippen MR) is 80.0 cm³/mol. The van der Waals surface area contributed by atoms with Crippen molar-refractivity contribution < 1.29 is 4.79 Å². The second-order valence-corrected chi connectivity index (χ2v) is 5.15. The molecule has 1 amide bonds. The van der Waals surface area contributed by atoms with E-state index < -0.39 is 0 Å². The summed E-state index contributed by atoms with van der Waals surface area (Å²) in [4.78, 5) is 14.2. The molecule has 1 unspecified atom stereocenters. The fourth-order valence-corrected chi connectivity index (χ4v) is 2.27. The molecule has 19 heavy (non-hydrogen) atoms. The highest BCUT2D eigenvalue weighted by Gasteiger charge is 2.18. The van der Waals surface area contributed by atoms with E-state index >= 15 is 0 Å². The van der Waals surface area contributed by atoms with Gasteiger partial charge in [-0.05, 0) is 32.5 Å². The van der Waals surface area contributed by atoms with Crippen LogP contribution in [0.4, 0.5) is 0 Å². The van der Waals surface area contributed by atoms with Crippen molar-refractivity contribution in [1.82, 2.24) is 10.2 Å². The molecule has 0 aliphatic rings. The maximum absolute atomic E-state index is 12.0. The van der Waals surface area contributed by atoms with Crippen molar-refractivity contribution >= 4 is 5.91 Å². The Morgan fingerprint density at radius 1 is 1.16 bits per heavy atom. The van der Waals surface area contributed by atoms with E-state index in [0.717, 1.165) is 12.8 Å². The maximum atomic E-state index is 12.0. The van der Waals surface area contributed by atoms with Gasteiger partial charge >= 0.3 is 0 Å². The largest absolute Gasteiger partial charge is 0.354 e. The van der Waals surface area contributed by atoms with E-state index in [4.69, 9.17) is 0 Å². The second-order valence-electron chi connectivity index (χ2n) is 5.15. The lowest BCUT2D eigenvalue weighted by atomic mass is 10.0. The fourth-order valence-electron chi connectivity index (χ4n) is 2.27. The Bertz CT molecular complexity index is 372. The van der Waals surface area contributed by atoms with Crippen molar-refractivity contribution in [3.05, 3.63) is 35.9 Å². The normalized spacial score (nSPS) is 12.7. The van der Waals surface area contributed by atoms with E-state index in [-0.39, 0.29) is 17.9 Å². The molecule has 0 aliphatic heterocycles. The average molecular weight is 262 g/mol. The zero-order chi connectivity index (χ0) is 14.3. The van der Waals surface area contributed by atoms with Gasteiger partial charge in [-0.25, -0.2) is 0 Å². The summed E-state index contributed by atoms with van der Waals surface area (Å²) in [7, 11) is 4.09. The molecule has 1 atom stereocenters. The van der Waals surface area contributed by atoms with Gasteiger partial charge < -0.3 is 10.2 Å². The summed E-state index contributed by atoms with van der Waals surface area (Å²) in [5.74, 6) is 0.311. The van der Waals surface area contributed by atoms with E-state index in [1.807, 2.05) is 32.3 Å². The Morgan fingerprint density at radius 3 is 2.21 bits per heavy atom. The molecule has 0 aromatic heterocycles. The first kappa shape index (κ1) is 15.7. The summed E-state index contributed by atoms with van der Waals surface area (Å²) in [6.45, 7) is 4.79. The number of carbonyl (C=O) groups excluding carboxylic acids is 1. The number of likely N-dealkylation sites (N-methyl/N-ethyl adjacent to an activating group) is 1. The van der Waals surface area contributed by atoms with Crippen molar-refractivity contribution in [2.75, 3.05) is 20.6 Å². The van der Waals surface area contributed by atoms with Crippen LogP contribution in [0.25, 0.3) is 0 Å². The number of hydrogen-bond acceptors (Lipinski definition) is 2. The molecule has 0 saturated heterocycles. The molecule has 1 rings (SSSR count). The molecule has 1 aromatic carbocycles. The Kier molecular flexibility index (Phi) is 6.57. The minimum atomic E-state index is 0.138. The van der Waals surface area contributed by atoms with Crippen molar-refractivity contribution in [2.24, 2.45) is 5.92 Å². The van der Waals surface area contributed by atoms with Gasteiger partial charge in [0.05, 0.1) is 6.04 Å². The molecular formula is C16H26N2O. The molecule has 0 spiro atoms. The van der Waals surface area contributed by atoms with E-state index in [9.17, 15) is 4.79 Å². The number of nitrogens with one attached hydrogen (secondary N) is 1. The standard InChI is InChI=1S/C16H26N2O/c1-5-13(6-2)16(19)17-12-15(18(3)4)14-10-8-7-9-11-14/h7-11,13,15H,5-6,12H2,1-4H3,(H,17,19). The molecule has 0 aliphatic carbocycles. The van der Waals surface area contributed by atoms with Gasteiger partial charge in [0.15, 0.2) is 0 Å². The Morgan fingerprint density at radius 2 is 1.74 bits per heavy atom. The van der Waals surface area contributed by atoms with E-state index in [1.165, 1.54) is 5.56 Å². The van der Waals surface area contributed by atoms with Gasteiger partial charge in [-0.2, -0.15) is 0 Å². The smallest absolute Gasteiger partial charge is 0.223 e. The summed E-state index contributed by atoms with van der Waals surface area (Å²) in [6, 6.07) is 10.5. The van der Waals surface area contributed by atoms with Crippen LogP contribution in [-0.2, 0) is 4.79 Å². The van der Waals surface area contributed by atoms with Crippen LogP contribution < -0.4 is 5.32 Å². The van der Waals surface area contributed by atoms with Gasteiger partial charge in [-0.3, -0.25) is 4.79 Å². The third-order valence-corrected chi connectivity index (χ3v) is 3.63. The second kappa shape index (κ2) is 7.95. The van der Waals surface area contributed by atoms with Crippen LogP contribution >= 0.6 is 0 Å². The molecule has 3 heteroatoms. The quantitative estimate of drug-likeness (QED) is 0.819. The monoisotopic (exact) mass is 262 g/mol. The Labute approximate surface area is 117 Å². The Hall–Kier alpha value is -1.35. The Balaban J connectivity index is 2.64. The first-order valence-corrected chi connectivity index (χ1v) is 7.09. The number of benzene rings is 1. The number of amides is 1. The molecule has 0 radical (unpaired) electrons. The summed E-state index contributed by atoms with van der Waals surface area (Å²) in [6.07, 6.45) is 1.81. The molecule has 0 fully saturated rings. The summed E-state index contributed by atoms with van der Waals surface area (Å²) >= 11 is 0. The summed E-state index contributed by atoms with van der Waals surface area (Å²) in [5, 5.41) is 3.08. The maximum Gasteiger partial charge on any atom is 0.223 e. The molecule has 3 nitrogen and oxygen atoms in total. The molecule has 1 N–H and O–H groups in total. The highest BCUT2D eigenvalue weighted by molar-refractivity contribution is 5.78. The summed E-state index contributed by atoms with van der Waals surface area (Å²) < 4.78 is 0. The predicted octanol–water partition coefficient (Wildman–Crippen LogP) is 2.84. The highest BCUT2D eigenvalue weighted by Crippen LogP contribution is 2.17. The first-order chi connectivity index (χ1) is 9.10. The van der Waals surface area contributed by atoms with Gasteiger partial charge in [0.25, 0.3) is 0 Å². The third-order valence-electron chi connectivity index (χ3n) is 3.63.